The molecular formula is C16H26N4O3. The fourth-order valence-corrected chi connectivity index (χ4v) is 3.17. The lowest BCUT2D eigenvalue weighted by Crippen LogP contribution is -2.40. The van der Waals surface area contributed by atoms with E-state index in [2.05, 4.69) is 20.8 Å². The number of fused-ring (bicyclic) bond motifs is 1. The van der Waals surface area contributed by atoms with Crippen LogP contribution >= 0.6 is 0 Å². The van der Waals surface area contributed by atoms with Gasteiger partial charge in [0.05, 0.1) is 6.20 Å². The van der Waals surface area contributed by atoms with Gasteiger partial charge in [0.1, 0.15) is 0 Å². The predicted molar refractivity (Wildman–Crippen MR) is 86.1 cm³/mol. The van der Waals surface area contributed by atoms with E-state index in [9.17, 15) is 4.79 Å². The maximum absolute atomic E-state index is 12.1. The Hall–Kier alpha value is -1.89. The number of nitrogens with zero attached hydrogens (tertiary/aromatic N) is 1. The molecule has 23 heavy (non-hydrogen) atoms. The fourth-order valence-electron chi connectivity index (χ4n) is 3.17. The summed E-state index contributed by atoms with van der Waals surface area (Å²) in [6.07, 6.45) is 7.80. The van der Waals surface area contributed by atoms with Crippen molar-refractivity contribution in [3.63, 3.8) is 0 Å². The van der Waals surface area contributed by atoms with Crippen LogP contribution < -0.4 is 10.6 Å². The van der Waals surface area contributed by atoms with Crippen LogP contribution in [0, 0.1) is 5.92 Å². The zero-order valence-corrected chi connectivity index (χ0v) is 13.6. The van der Waals surface area contributed by atoms with Gasteiger partial charge in [-0.2, -0.15) is 5.10 Å². The van der Waals surface area contributed by atoms with E-state index in [0.717, 1.165) is 52.1 Å². The number of aryl methyl sites for hydroxylation is 1. The molecule has 7 heteroatoms. The topological polar surface area (TPSA) is 107 Å². The molecular weight excluding hydrogens is 296 g/mol. The normalized spacial score (nSPS) is 20.8. The molecule has 1 amide bonds. The number of carbonyl (C=O) groups excluding carboxylic acids is 1. The van der Waals surface area contributed by atoms with Crippen LogP contribution in [0.15, 0.2) is 6.20 Å². The first-order valence-electron chi connectivity index (χ1n) is 8.25. The second-order valence-electron chi connectivity index (χ2n) is 6.30. The Labute approximate surface area is 136 Å². The van der Waals surface area contributed by atoms with Crippen molar-refractivity contribution in [1.29, 1.82) is 0 Å². The summed E-state index contributed by atoms with van der Waals surface area (Å²) < 4.78 is 0. The lowest BCUT2D eigenvalue weighted by molar-refractivity contribution is -0.134. The lowest BCUT2D eigenvalue weighted by Gasteiger charge is -2.25. The number of H-pyrrole nitrogens is 1. The van der Waals surface area contributed by atoms with Gasteiger partial charge in [0.25, 0.3) is 5.97 Å². The molecule has 1 aromatic rings. The van der Waals surface area contributed by atoms with Crippen LogP contribution in [0.3, 0.4) is 0 Å². The number of carboxylic acid groups (broad SMARTS) is 1. The van der Waals surface area contributed by atoms with E-state index < -0.39 is 5.97 Å². The number of aromatic amines is 1. The van der Waals surface area contributed by atoms with E-state index in [-0.39, 0.29) is 11.9 Å². The van der Waals surface area contributed by atoms with Crippen molar-refractivity contribution in [2.45, 2.75) is 51.5 Å². The van der Waals surface area contributed by atoms with Gasteiger partial charge >= 0.3 is 0 Å². The molecule has 7 nitrogen and oxygen atoms in total. The molecule has 1 aromatic heterocycles. The summed E-state index contributed by atoms with van der Waals surface area (Å²) in [6, 6.07) is 0.280. The SMILES string of the molecule is CC(=O)O.O=C(CC1CCNCC1)NC1CCc2cn[nH]c2C1. The first-order chi connectivity index (χ1) is 11.0. The van der Waals surface area contributed by atoms with Crippen LogP contribution in [0.5, 0.6) is 0 Å². The van der Waals surface area contributed by atoms with Gasteiger partial charge < -0.3 is 15.7 Å². The van der Waals surface area contributed by atoms with Crippen molar-refractivity contribution in [3.8, 4) is 0 Å². The highest BCUT2D eigenvalue weighted by Gasteiger charge is 2.23. The molecule has 128 valence electrons. The van der Waals surface area contributed by atoms with E-state index in [0.29, 0.717) is 12.3 Å². The molecule has 0 bridgehead atoms. The summed E-state index contributed by atoms with van der Waals surface area (Å²) in [4.78, 5) is 21.1. The van der Waals surface area contributed by atoms with Gasteiger partial charge in [0.15, 0.2) is 0 Å². The first kappa shape index (κ1) is 17.5. The van der Waals surface area contributed by atoms with E-state index in [1.54, 1.807) is 0 Å². The number of aliphatic carboxylic acids is 1. The largest absolute Gasteiger partial charge is 0.481 e. The maximum Gasteiger partial charge on any atom is 0.300 e. The van der Waals surface area contributed by atoms with Gasteiger partial charge in [-0.25, -0.2) is 0 Å². The molecule has 1 aliphatic carbocycles. The third kappa shape index (κ3) is 6.02. The predicted octanol–water partition coefficient (Wildman–Crippen LogP) is 0.864. The summed E-state index contributed by atoms with van der Waals surface area (Å²) >= 11 is 0. The van der Waals surface area contributed by atoms with Crippen LogP contribution in [-0.4, -0.2) is 46.3 Å². The van der Waals surface area contributed by atoms with Gasteiger partial charge in [0.2, 0.25) is 5.91 Å². The molecule has 0 saturated carbocycles. The number of hydrogen-bond acceptors (Lipinski definition) is 4. The second kappa shape index (κ2) is 8.67. The van der Waals surface area contributed by atoms with Gasteiger partial charge in [-0.3, -0.25) is 14.7 Å². The third-order valence-corrected chi connectivity index (χ3v) is 4.32. The second-order valence-corrected chi connectivity index (χ2v) is 6.30. The molecule has 4 N–H and O–H groups in total. The minimum atomic E-state index is -0.833. The average Bonchev–Trinajstić information content (AvgIpc) is 2.95. The first-order valence-corrected chi connectivity index (χ1v) is 8.25. The fraction of sp³-hybridized carbons (Fsp3) is 0.688. The van der Waals surface area contributed by atoms with Gasteiger partial charge in [-0.15, -0.1) is 0 Å². The number of amides is 1. The Balaban J connectivity index is 0.000000433. The summed E-state index contributed by atoms with van der Waals surface area (Å²) in [5.41, 5.74) is 2.50. The molecule has 2 aliphatic rings. The summed E-state index contributed by atoms with van der Waals surface area (Å²) in [7, 11) is 0. The molecule has 1 unspecified atom stereocenters. The lowest BCUT2D eigenvalue weighted by atomic mass is 9.92. The Bertz CT molecular complexity index is 519. The summed E-state index contributed by atoms with van der Waals surface area (Å²) in [6.45, 7) is 3.19. The molecule has 1 fully saturated rings. The number of nitrogens with one attached hydrogen (secondary N) is 3. The van der Waals surface area contributed by atoms with Crippen LogP contribution in [0.2, 0.25) is 0 Å². The van der Waals surface area contributed by atoms with Crippen molar-refractivity contribution < 1.29 is 14.7 Å². The number of rotatable bonds is 3. The Kier molecular flexibility index (Phi) is 6.58. The molecule has 0 aromatic carbocycles. The summed E-state index contributed by atoms with van der Waals surface area (Å²) in [5, 5.41) is 21.0. The van der Waals surface area contributed by atoms with Crippen LogP contribution in [0.1, 0.15) is 43.9 Å². The van der Waals surface area contributed by atoms with E-state index >= 15 is 0 Å². The quantitative estimate of drug-likeness (QED) is 0.660. The number of carboxylic acids is 1. The van der Waals surface area contributed by atoms with Crippen molar-refractivity contribution >= 4 is 11.9 Å². The molecule has 0 radical (unpaired) electrons. The Morgan fingerprint density at radius 2 is 2.04 bits per heavy atom. The van der Waals surface area contributed by atoms with Crippen molar-refractivity contribution in [3.05, 3.63) is 17.5 Å². The monoisotopic (exact) mass is 322 g/mol. The molecule has 1 aliphatic heterocycles. The highest BCUT2D eigenvalue weighted by molar-refractivity contribution is 5.76. The zero-order chi connectivity index (χ0) is 16.7. The van der Waals surface area contributed by atoms with Gasteiger partial charge in [0, 0.05) is 31.5 Å². The van der Waals surface area contributed by atoms with E-state index in [1.807, 2.05) is 6.20 Å². The molecule has 1 atom stereocenters. The number of hydrogen-bond donors (Lipinski definition) is 4. The van der Waals surface area contributed by atoms with Crippen LogP contribution in [-0.2, 0) is 22.4 Å². The Morgan fingerprint density at radius 3 is 2.74 bits per heavy atom. The van der Waals surface area contributed by atoms with Crippen molar-refractivity contribution in [2.75, 3.05) is 13.1 Å². The van der Waals surface area contributed by atoms with Crippen molar-refractivity contribution in [1.82, 2.24) is 20.8 Å². The minimum absolute atomic E-state index is 0.222. The summed E-state index contributed by atoms with van der Waals surface area (Å²) in [5.74, 6) is -0.0487. The highest BCUT2D eigenvalue weighted by Crippen LogP contribution is 2.20. The molecule has 1 saturated heterocycles. The van der Waals surface area contributed by atoms with Crippen molar-refractivity contribution in [2.24, 2.45) is 5.92 Å². The van der Waals surface area contributed by atoms with Gasteiger partial charge in [-0.1, -0.05) is 0 Å². The van der Waals surface area contributed by atoms with E-state index in [4.69, 9.17) is 9.90 Å². The van der Waals surface area contributed by atoms with E-state index in [1.165, 1.54) is 11.3 Å². The standard InChI is InChI=1S/C14H22N4O.C2H4O2/c19-14(7-10-3-5-15-6-4-10)17-12-2-1-11-9-16-18-13(11)8-12;1-2(3)4/h9-10,12,15H,1-8H2,(H,16,18)(H,17,19);1H3,(H,3,4). The zero-order valence-electron chi connectivity index (χ0n) is 13.6. The van der Waals surface area contributed by atoms with Crippen LogP contribution in [0.25, 0.3) is 0 Å². The van der Waals surface area contributed by atoms with Crippen LogP contribution in [0.4, 0.5) is 0 Å². The number of carbonyl (C=O) groups is 2. The molecule has 2 heterocycles. The third-order valence-electron chi connectivity index (χ3n) is 4.32. The smallest absolute Gasteiger partial charge is 0.300 e. The highest BCUT2D eigenvalue weighted by atomic mass is 16.4. The average molecular weight is 322 g/mol. The maximum atomic E-state index is 12.1. The minimum Gasteiger partial charge on any atom is -0.481 e. The Morgan fingerprint density at radius 1 is 1.35 bits per heavy atom. The number of aromatic nitrogens is 2. The molecule has 3 rings (SSSR count). The molecule has 0 spiro atoms. The number of piperidine rings is 1. The van der Waals surface area contributed by atoms with Gasteiger partial charge in [-0.05, 0) is 50.3 Å².